The SMILES string of the molecule is COc1ccc(C)cc1NC(=O)CN1C(=O)N[C@](C)(c2ccc(OC)c(OC)c2)C1=O. The van der Waals surface area contributed by atoms with Crippen LogP contribution < -0.4 is 24.8 Å². The summed E-state index contributed by atoms with van der Waals surface area (Å²) in [7, 11) is 4.48. The fourth-order valence-electron chi connectivity index (χ4n) is 3.44. The number of rotatable bonds is 7. The van der Waals surface area contributed by atoms with Crippen molar-refractivity contribution < 1.29 is 28.6 Å². The topological polar surface area (TPSA) is 106 Å². The van der Waals surface area contributed by atoms with Crippen LogP contribution in [-0.2, 0) is 15.1 Å². The van der Waals surface area contributed by atoms with Crippen LogP contribution in [0.3, 0.4) is 0 Å². The Labute approximate surface area is 180 Å². The van der Waals surface area contributed by atoms with Gasteiger partial charge in [-0.3, -0.25) is 14.5 Å². The molecule has 0 unspecified atom stereocenters. The molecule has 0 bridgehead atoms. The first-order valence-electron chi connectivity index (χ1n) is 9.54. The summed E-state index contributed by atoms with van der Waals surface area (Å²) in [5, 5.41) is 5.37. The summed E-state index contributed by atoms with van der Waals surface area (Å²) in [6.45, 7) is 3.02. The third kappa shape index (κ3) is 4.11. The van der Waals surface area contributed by atoms with E-state index in [2.05, 4.69) is 10.6 Å². The number of benzene rings is 2. The Bertz CT molecular complexity index is 1040. The van der Waals surface area contributed by atoms with Gasteiger partial charge < -0.3 is 24.8 Å². The maximum atomic E-state index is 13.1. The molecule has 2 aromatic carbocycles. The Morgan fingerprint density at radius 2 is 1.65 bits per heavy atom. The van der Waals surface area contributed by atoms with E-state index in [4.69, 9.17) is 14.2 Å². The molecule has 3 rings (SSSR count). The van der Waals surface area contributed by atoms with E-state index in [9.17, 15) is 14.4 Å². The molecule has 0 aliphatic carbocycles. The molecule has 0 spiro atoms. The number of hydrogen-bond donors (Lipinski definition) is 2. The van der Waals surface area contributed by atoms with Crippen molar-refractivity contribution in [2.24, 2.45) is 0 Å². The van der Waals surface area contributed by atoms with Gasteiger partial charge in [-0.15, -0.1) is 0 Å². The lowest BCUT2D eigenvalue weighted by Gasteiger charge is -2.23. The Hall–Kier alpha value is -3.75. The number of hydrogen-bond acceptors (Lipinski definition) is 6. The molecule has 4 amide bonds. The van der Waals surface area contributed by atoms with Crippen molar-refractivity contribution in [3.63, 3.8) is 0 Å². The second-order valence-electron chi connectivity index (χ2n) is 7.27. The first-order chi connectivity index (χ1) is 14.7. The van der Waals surface area contributed by atoms with E-state index in [0.29, 0.717) is 28.5 Å². The minimum absolute atomic E-state index is 0.422. The molecule has 1 saturated heterocycles. The lowest BCUT2D eigenvalue weighted by atomic mass is 9.91. The van der Waals surface area contributed by atoms with Crippen LogP contribution >= 0.6 is 0 Å². The molecule has 1 fully saturated rings. The lowest BCUT2D eigenvalue weighted by Crippen LogP contribution is -2.42. The van der Waals surface area contributed by atoms with E-state index >= 15 is 0 Å². The van der Waals surface area contributed by atoms with E-state index in [1.54, 1.807) is 37.3 Å². The lowest BCUT2D eigenvalue weighted by molar-refractivity contribution is -0.133. The summed E-state index contributed by atoms with van der Waals surface area (Å²) in [5.41, 5.74) is 0.541. The molecule has 9 heteroatoms. The number of carbonyl (C=O) groups excluding carboxylic acids is 3. The summed E-state index contributed by atoms with van der Waals surface area (Å²) in [6, 6.07) is 9.61. The maximum Gasteiger partial charge on any atom is 0.325 e. The van der Waals surface area contributed by atoms with Gasteiger partial charge in [0.1, 0.15) is 17.8 Å². The number of imide groups is 1. The zero-order valence-electron chi connectivity index (χ0n) is 18.1. The largest absolute Gasteiger partial charge is 0.495 e. The van der Waals surface area contributed by atoms with Gasteiger partial charge in [0, 0.05) is 0 Å². The van der Waals surface area contributed by atoms with Gasteiger partial charge in [0.15, 0.2) is 11.5 Å². The van der Waals surface area contributed by atoms with Crippen LogP contribution in [0, 0.1) is 6.92 Å². The van der Waals surface area contributed by atoms with Crippen molar-refractivity contribution in [2.45, 2.75) is 19.4 Å². The number of nitrogens with one attached hydrogen (secondary N) is 2. The molecule has 1 aliphatic rings. The fourth-order valence-corrected chi connectivity index (χ4v) is 3.44. The third-order valence-corrected chi connectivity index (χ3v) is 5.17. The number of aryl methyl sites for hydroxylation is 1. The molecule has 164 valence electrons. The number of nitrogens with zero attached hydrogens (tertiary/aromatic N) is 1. The van der Waals surface area contributed by atoms with E-state index in [0.717, 1.165) is 10.5 Å². The van der Waals surface area contributed by atoms with Gasteiger partial charge in [-0.25, -0.2) is 4.79 Å². The van der Waals surface area contributed by atoms with Crippen LogP contribution in [0.5, 0.6) is 17.2 Å². The molecule has 1 aliphatic heterocycles. The minimum atomic E-state index is -1.35. The summed E-state index contributed by atoms with van der Waals surface area (Å²) < 4.78 is 15.8. The Morgan fingerprint density at radius 3 is 2.29 bits per heavy atom. The standard InChI is InChI=1S/C22H25N3O6/c1-13-6-8-16(29-3)15(10-13)23-19(26)12-25-20(27)22(2,24-21(25)28)14-7-9-17(30-4)18(11-14)31-5/h6-11H,12H2,1-5H3,(H,23,26)(H,24,28)/t22-/m1/s1. The number of urea groups is 1. The van der Waals surface area contributed by atoms with Crippen molar-refractivity contribution in [3.05, 3.63) is 47.5 Å². The highest BCUT2D eigenvalue weighted by molar-refractivity contribution is 6.10. The molecule has 1 atom stereocenters. The van der Waals surface area contributed by atoms with Crippen LogP contribution in [0.2, 0.25) is 0 Å². The van der Waals surface area contributed by atoms with E-state index in [1.807, 2.05) is 13.0 Å². The van der Waals surface area contributed by atoms with Gasteiger partial charge in [-0.05, 0) is 49.2 Å². The van der Waals surface area contributed by atoms with Gasteiger partial charge in [0.25, 0.3) is 5.91 Å². The van der Waals surface area contributed by atoms with Gasteiger partial charge >= 0.3 is 6.03 Å². The number of ether oxygens (including phenoxy) is 3. The summed E-state index contributed by atoms with van der Waals surface area (Å²) in [4.78, 5) is 39.1. The molecule has 1 heterocycles. The van der Waals surface area contributed by atoms with E-state index in [-0.39, 0.29) is 0 Å². The van der Waals surface area contributed by atoms with Crippen LogP contribution in [-0.4, -0.2) is 50.6 Å². The third-order valence-electron chi connectivity index (χ3n) is 5.17. The Balaban J connectivity index is 1.80. The molecule has 9 nitrogen and oxygen atoms in total. The number of amides is 4. The first-order valence-corrected chi connectivity index (χ1v) is 9.54. The smallest absolute Gasteiger partial charge is 0.325 e. The van der Waals surface area contributed by atoms with Crippen molar-refractivity contribution >= 4 is 23.5 Å². The molecule has 31 heavy (non-hydrogen) atoms. The molecule has 2 aromatic rings. The molecular formula is C22H25N3O6. The normalized spacial score (nSPS) is 17.9. The minimum Gasteiger partial charge on any atom is -0.495 e. The predicted octanol–water partition coefficient (Wildman–Crippen LogP) is 2.43. The highest BCUT2D eigenvalue weighted by atomic mass is 16.5. The van der Waals surface area contributed by atoms with Crippen LogP contribution in [0.4, 0.5) is 10.5 Å². The van der Waals surface area contributed by atoms with Crippen molar-refractivity contribution in [2.75, 3.05) is 33.2 Å². The van der Waals surface area contributed by atoms with Gasteiger partial charge in [0.2, 0.25) is 5.91 Å². The Morgan fingerprint density at radius 1 is 1.00 bits per heavy atom. The maximum absolute atomic E-state index is 13.1. The number of anilines is 1. The molecular weight excluding hydrogens is 402 g/mol. The van der Waals surface area contributed by atoms with Gasteiger partial charge in [-0.1, -0.05) is 12.1 Å². The Kier molecular flexibility index (Phi) is 6.05. The second kappa shape index (κ2) is 8.55. The highest BCUT2D eigenvalue weighted by Crippen LogP contribution is 2.35. The van der Waals surface area contributed by atoms with Gasteiger partial charge in [0.05, 0.1) is 27.0 Å². The van der Waals surface area contributed by atoms with Crippen LogP contribution in [0.1, 0.15) is 18.1 Å². The zero-order chi connectivity index (χ0) is 22.8. The van der Waals surface area contributed by atoms with Crippen LogP contribution in [0.25, 0.3) is 0 Å². The van der Waals surface area contributed by atoms with E-state index in [1.165, 1.54) is 21.3 Å². The molecule has 0 saturated carbocycles. The van der Waals surface area contributed by atoms with Crippen LogP contribution in [0.15, 0.2) is 36.4 Å². The highest BCUT2D eigenvalue weighted by Gasteiger charge is 2.49. The average Bonchev–Trinajstić information content (AvgIpc) is 2.97. The van der Waals surface area contributed by atoms with Crippen molar-refractivity contribution in [1.29, 1.82) is 0 Å². The summed E-state index contributed by atoms with van der Waals surface area (Å²) in [5.74, 6) is 0.326. The quantitative estimate of drug-likeness (QED) is 0.658. The average molecular weight is 427 g/mol. The second-order valence-corrected chi connectivity index (χ2v) is 7.27. The zero-order valence-corrected chi connectivity index (χ0v) is 18.1. The predicted molar refractivity (Wildman–Crippen MR) is 114 cm³/mol. The number of methoxy groups -OCH3 is 3. The molecule has 0 radical (unpaired) electrons. The summed E-state index contributed by atoms with van der Waals surface area (Å²) >= 11 is 0. The molecule has 0 aromatic heterocycles. The van der Waals surface area contributed by atoms with Crippen molar-refractivity contribution in [3.8, 4) is 17.2 Å². The van der Waals surface area contributed by atoms with Gasteiger partial charge in [-0.2, -0.15) is 0 Å². The fraction of sp³-hybridized carbons (Fsp3) is 0.318. The first kappa shape index (κ1) is 21.9. The molecule has 2 N–H and O–H groups in total. The summed E-state index contributed by atoms with van der Waals surface area (Å²) in [6.07, 6.45) is 0. The monoisotopic (exact) mass is 427 g/mol. The number of carbonyl (C=O) groups is 3. The van der Waals surface area contributed by atoms with Crippen molar-refractivity contribution in [1.82, 2.24) is 10.2 Å². The van der Waals surface area contributed by atoms with E-state index < -0.39 is 29.9 Å².